The first kappa shape index (κ1) is 17.2. The van der Waals surface area contributed by atoms with Gasteiger partial charge in [0.1, 0.15) is 0 Å². The number of nitrogens with zero attached hydrogens (tertiary/aromatic N) is 3. The molecule has 0 spiro atoms. The minimum absolute atomic E-state index is 0.111. The Morgan fingerprint density at radius 1 is 1.25 bits per heavy atom. The van der Waals surface area contributed by atoms with Crippen LogP contribution in [0.25, 0.3) is 11.2 Å². The number of pyridine rings is 1. The van der Waals surface area contributed by atoms with Crippen LogP contribution in [-0.2, 0) is 27.6 Å². The predicted molar refractivity (Wildman–Crippen MR) is 92.6 cm³/mol. The smallest absolute Gasteiger partial charge is 0.399 e. The topological polar surface area (TPSA) is 67.5 Å². The zero-order chi connectivity index (χ0) is 17.7. The summed E-state index contributed by atoms with van der Waals surface area (Å²) < 4.78 is 20.5. The van der Waals surface area contributed by atoms with E-state index in [2.05, 4.69) is 4.98 Å². The highest BCUT2D eigenvalue weighted by Crippen LogP contribution is 2.36. The van der Waals surface area contributed by atoms with Crippen LogP contribution in [-0.4, -0.2) is 46.2 Å². The van der Waals surface area contributed by atoms with Gasteiger partial charge in [-0.3, -0.25) is 9.13 Å². The number of fused-ring (bicyclic) bond motifs is 1. The third kappa shape index (κ3) is 2.58. The summed E-state index contributed by atoms with van der Waals surface area (Å²) in [5.74, 6) is 0. The molecule has 0 atom stereocenters. The van der Waals surface area contributed by atoms with E-state index in [4.69, 9.17) is 14.0 Å². The Balaban J connectivity index is 2.04. The van der Waals surface area contributed by atoms with Gasteiger partial charge in [0, 0.05) is 25.8 Å². The second-order valence-electron chi connectivity index (χ2n) is 7.19. The molecule has 0 amide bonds. The van der Waals surface area contributed by atoms with Crippen molar-refractivity contribution in [3.63, 3.8) is 0 Å². The van der Waals surface area contributed by atoms with Crippen LogP contribution in [0.2, 0.25) is 0 Å². The Morgan fingerprint density at radius 2 is 1.88 bits per heavy atom. The van der Waals surface area contributed by atoms with Gasteiger partial charge in [0.25, 0.3) is 0 Å². The summed E-state index contributed by atoms with van der Waals surface area (Å²) in [5.41, 5.74) is 1.25. The van der Waals surface area contributed by atoms with Crippen LogP contribution in [0, 0.1) is 0 Å². The number of hydrogen-bond donors (Lipinski definition) is 0. The van der Waals surface area contributed by atoms with Gasteiger partial charge >= 0.3 is 12.8 Å². The third-order valence-corrected chi connectivity index (χ3v) is 5.04. The molecule has 2 aromatic heterocycles. The first-order valence-electron chi connectivity index (χ1n) is 8.08. The molecule has 3 heterocycles. The van der Waals surface area contributed by atoms with Crippen molar-refractivity contribution >= 4 is 23.7 Å². The van der Waals surface area contributed by atoms with Crippen molar-refractivity contribution in [3.8, 4) is 0 Å². The second-order valence-corrected chi connectivity index (χ2v) is 7.19. The summed E-state index contributed by atoms with van der Waals surface area (Å²) >= 11 is 0. The van der Waals surface area contributed by atoms with Crippen molar-refractivity contribution in [3.05, 3.63) is 22.7 Å². The molecule has 0 bridgehead atoms. The van der Waals surface area contributed by atoms with Gasteiger partial charge in [-0.2, -0.15) is 0 Å². The van der Waals surface area contributed by atoms with Gasteiger partial charge in [0.05, 0.1) is 29.9 Å². The molecule has 24 heavy (non-hydrogen) atoms. The molecule has 0 aliphatic carbocycles. The lowest BCUT2D eigenvalue weighted by atomic mass is 9.80. The normalized spacial score (nSPS) is 19.3. The van der Waals surface area contributed by atoms with Crippen LogP contribution < -0.4 is 11.2 Å². The highest BCUT2D eigenvalue weighted by molar-refractivity contribution is 6.62. The first-order chi connectivity index (χ1) is 11.2. The van der Waals surface area contributed by atoms with Crippen LogP contribution in [0.3, 0.4) is 0 Å². The molecule has 0 unspecified atom stereocenters. The molecule has 0 radical (unpaired) electrons. The predicted octanol–water partition coefficient (Wildman–Crippen LogP) is 0.681. The Bertz CT molecular complexity index is 809. The van der Waals surface area contributed by atoms with E-state index < -0.39 is 18.3 Å². The average molecular weight is 333 g/mol. The van der Waals surface area contributed by atoms with E-state index >= 15 is 0 Å². The maximum absolute atomic E-state index is 12.4. The van der Waals surface area contributed by atoms with E-state index in [1.807, 2.05) is 33.8 Å². The molecule has 2 aromatic rings. The number of aromatic nitrogens is 3. The Labute approximate surface area is 141 Å². The fourth-order valence-corrected chi connectivity index (χ4v) is 2.80. The molecular weight excluding hydrogens is 309 g/mol. The lowest BCUT2D eigenvalue weighted by Gasteiger charge is -2.32. The van der Waals surface area contributed by atoms with Gasteiger partial charge in [-0.25, -0.2) is 9.78 Å². The summed E-state index contributed by atoms with van der Waals surface area (Å²) in [6.07, 6.45) is 1.71. The number of rotatable bonds is 4. The van der Waals surface area contributed by atoms with Crippen molar-refractivity contribution in [1.29, 1.82) is 0 Å². The van der Waals surface area contributed by atoms with E-state index in [0.717, 1.165) is 11.0 Å². The Morgan fingerprint density at radius 3 is 2.46 bits per heavy atom. The van der Waals surface area contributed by atoms with Crippen LogP contribution in [0.5, 0.6) is 0 Å². The van der Waals surface area contributed by atoms with E-state index in [1.54, 1.807) is 29.5 Å². The summed E-state index contributed by atoms with van der Waals surface area (Å²) in [4.78, 5) is 16.9. The highest BCUT2D eigenvalue weighted by Gasteiger charge is 2.51. The average Bonchev–Trinajstić information content (AvgIpc) is 2.88. The van der Waals surface area contributed by atoms with Crippen LogP contribution in [0.4, 0.5) is 0 Å². The number of ether oxygens (including phenoxy) is 1. The van der Waals surface area contributed by atoms with E-state index in [1.165, 1.54) is 0 Å². The number of imidazole rings is 1. The van der Waals surface area contributed by atoms with E-state index in [-0.39, 0.29) is 5.69 Å². The zero-order valence-electron chi connectivity index (χ0n) is 15.1. The quantitative estimate of drug-likeness (QED) is 0.770. The van der Waals surface area contributed by atoms with Crippen LogP contribution in [0.15, 0.2) is 17.1 Å². The molecule has 1 aliphatic rings. The fourth-order valence-electron chi connectivity index (χ4n) is 2.80. The molecule has 1 aliphatic heterocycles. The molecule has 7 nitrogen and oxygen atoms in total. The van der Waals surface area contributed by atoms with Crippen molar-refractivity contribution < 1.29 is 14.0 Å². The Kier molecular flexibility index (Phi) is 4.10. The van der Waals surface area contributed by atoms with Crippen molar-refractivity contribution in [2.24, 2.45) is 7.05 Å². The standard InChI is InChI=1S/C16H24BN3O4/c1-15(2)16(3,4)24-17(23-15)11-9-12-13(18-10-11)19(5)14(21)20(12)7-8-22-6/h9-10H,7-8H2,1-6H3. The van der Waals surface area contributed by atoms with Gasteiger partial charge in [-0.1, -0.05) is 0 Å². The Hall–Kier alpha value is -1.64. The highest BCUT2D eigenvalue weighted by atomic mass is 16.7. The monoisotopic (exact) mass is 333 g/mol. The third-order valence-electron chi connectivity index (χ3n) is 5.04. The maximum Gasteiger partial charge on any atom is 0.496 e. The largest absolute Gasteiger partial charge is 0.496 e. The molecule has 3 rings (SSSR count). The van der Waals surface area contributed by atoms with Crippen molar-refractivity contribution in [1.82, 2.24) is 14.1 Å². The summed E-state index contributed by atoms with van der Waals surface area (Å²) in [7, 11) is 2.83. The van der Waals surface area contributed by atoms with E-state index in [0.29, 0.717) is 18.8 Å². The summed E-state index contributed by atoms with van der Waals surface area (Å²) in [5, 5.41) is 0. The second kappa shape index (κ2) is 5.72. The van der Waals surface area contributed by atoms with Gasteiger partial charge in [0.2, 0.25) is 0 Å². The molecule has 0 N–H and O–H groups in total. The molecule has 8 heteroatoms. The molecular formula is C16H24BN3O4. The molecule has 0 saturated carbocycles. The van der Waals surface area contributed by atoms with Gasteiger partial charge in [-0.15, -0.1) is 0 Å². The summed E-state index contributed by atoms with van der Waals surface area (Å²) in [6, 6.07) is 1.92. The number of methoxy groups -OCH3 is 1. The lowest BCUT2D eigenvalue weighted by Crippen LogP contribution is -2.41. The van der Waals surface area contributed by atoms with Gasteiger partial charge in [-0.05, 0) is 33.8 Å². The summed E-state index contributed by atoms with van der Waals surface area (Å²) in [6.45, 7) is 8.97. The molecule has 1 fully saturated rings. The molecule has 130 valence electrons. The van der Waals surface area contributed by atoms with Gasteiger partial charge in [0.15, 0.2) is 5.65 Å². The van der Waals surface area contributed by atoms with Crippen molar-refractivity contribution in [2.45, 2.75) is 45.4 Å². The number of aryl methyl sites for hydroxylation is 1. The SMILES string of the molecule is COCCn1c(=O)n(C)c2ncc(B3OC(C)(C)C(C)(C)O3)cc21. The fraction of sp³-hybridized carbons (Fsp3) is 0.625. The van der Waals surface area contributed by atoms with Crippen molar-refractivity contribution in [2.75, 3.05) is 13.7 Å². The van der Waals surface area contributed by atoms with Crippen LogP contribution in [0.1, 0.15) is 27.7 Å². The minimum Gasteiger partial charge on any atom is -0.399 e. The number of hydrogen-bond acceptors (Lipinski definition) is 5. The molecule has 1 saturated heterocycles. The van der Waals surface area contributed by atoms with Crippen LogP contribution >= 0.6 is 0 Å². The maximum atomic E-state index is 12.4. The first-order valence-corrected chi connectivity index (χ1v) is 8.08. The zero-order valence-corrected chi connectivity index (χ0v) is 15.1. The van der Waals surface area contributed by atoms with E-state index in [9.17, 15) is 4.79 Å². The minimum atomic E-state index is -0.502. The lowest BCUT2D eigenvalue weighted by molar-refractivity contribution is 0.00578. The molecule has 0 aromatic carbocycles. The van der Waals surface area contributed by atoms with Gasteiger partial charge < -0.3 is 14.0 Å².